The Morgan fingerprint density at radius 2 is 2.18 bits per heavy atom. The molecule has 0 bridgehead atoms. The van der Waals surface area contributed by atoms with Gasteiger partial charge in [-0.15, -0.1) is 0 Å². The lowest BCUT2D eigenvalue weighted by atomic mass is 9.84. The third kappa shape index (κ3) is 2.96. The maximum absolute atomic E-state index is 11.9. The van der Waals surface area contributed by atoms with E-state index >= 15 is 0 Å². The van der Waals surface area contributed by atoms with Gasteiger partial charge in [0.15, 0.2) is 0 Å². The van der Waals surface area contributed by atoms with E-state index in [0.29, 0.717) is 18.0 Å². The zero-order valence-electron chi connectivity index (χ0n) is 12.8. The van der Waals surface area contributed by atoms with Crippen LogP contribution in [0.2, 0.25) is 0 Å². The number of allylic oxidation sites excluding steroid dienone is 1. The van der Waals surface area contributed by atoms with Crippen LogP contribution >= 0.6 is 0 Å². The lowest BCUT2D eigenvalue weighted by molar-refractivity contribution is -0.141. The van der Waals surface area contributed by atoms with Crippen molar-refractivity contribution < 1.29 is 23.8 Å². The molecule has 0 saturated heterocycles. The first-order valence-electron chi connectivity index (χ1n) is 7.65. The highest BCUT2D eigenvalue weighted by atomic mass is 16.7. The van der Waals surface area contributed by atoms with Gasteiger partial charge < -0.3 is 19.5 Å². The molecule has 0 aromatic rings. The Morgan fingerprint density at radius 3 is 2.86 bits per heavy atom. The maximum Gasteiger partial charge on any atom is 0.410 e. The average Bonchev–Trinajstić information content (AvgIpc) is 3.27. The zero-order chi connectivity index (χ0) is 15.7. The van der Waals surface area contributed by atoms with Gasteiger partial charge in [-0.3, -0.25) is 0 Å². The maximum atomic E-state index is 11.9. The van der Waals surface area contributed by atoms with Gasteiger partial charge in [-0.2, -0.15) is 0 Å². The van der Waals surface area contributed by atoms with Crippen LogP contribution in [-0.2, 0) is 19.0 Å². The van der Waals surface area contributed by atoms with Gasteiger partial charge in [-0.25, -0.2) is 9.59 Å². The van der Waals surface area contributed by atoms with E-state index in [9.17, 15) is 9.59 Å². The Balaban J connectivity index is 1.66. The van der Waals surface area contributed by atoms with Crippen molar-refractivity contribution in [1.29, 1.82) is 0 Å². The quantitative estimate of drug-likeness (QED) is 0.636. The SMILES string of the molecule is COC(=O)C1=COC(OC(=O)NCC2CC2)C2C(C)=CCC12. The van der Waals surface area contributed by atoms with Crippen LogP contribution in [0, 0.1) is 17.8 Å². The molecule has 0 aromatic carbocycles. The van der Waals surface area contributed by atoms with E-state index in [-0.39, 0.29) is 11.8 Å². The number of alkyl carbamates (subject to hydrolysis) is 1. The summed E-state index contributed by atoms with van der Waals surface area (Å²) in [5.74, 6) is 0.00875. The van der Waals surface area contributed by atoms with Crippen molar-refractivity contribution in [3.63, 3.8) is 0 Å². The summed E-state index contributed by atoms with van der Waals surface area (Å²) in [6.45, 7) is 2.62. The van der Waals surface area contributed by atoms with Gasteiger partial charge in [0.2, 0.25) is 0 Å². The smallest absolute Gasteiger partial charge is 0.410 e. The second kappa shape index (κ2) is 6.02. The normalized spacial score (nSPS) is 29.6. The third-order valence-corrected chi connectivity index (χ3v) is 4.55. The minimum absolute atomic E-state index is 0.0533. The summed E-state index contributed by atoms with van der Waals surface area (Å²) in [6.07, 6.45) is 5.32. The molecule has 120 valence electrons. The van der Waals surface area contributed by atoms with Crippen LogP contribution < -0.4 is 5.32 Å². The summed E-state index contributed by atoms with van der Waals surface area (Å²) in [5, 5.41) is 2.76. The molecule has 2 aliphatic carbocycles. The molecular weight excluding hydrogens is 286 g/mol. The molecule has 22 heavy (non-hydrogen) atoms. The first-order chi connectivity index (χ1) is 10.6. The van der Waals surface area contributed by atoms with E-state index in [2.05, 4.69) is 11.4 Å². The second-order valence-electron chi connectivity index (χ2n) is 6.11. The predicted octanol–water partition coefficient (Wildman–Crippen LogP) is 2.12. The summed E-state index contributed by atoms with van der Waals surface area (Å²) < 4.78 is 15.7. The van der Waals surface area contributed by atoms with E-state index in [1.54, 1.807) is 0 Å². The van der Waals surface area contributed by atoms with Crippen LogP contribution in [0.5, 0.6) is 0 Å². The van der Waals surface area contributed by atoms with Crippen LogP contribution in [0.1, 0.15) is 26.2 Å². The van der Waals surface area contributed by atoms with E-state index < -0.39 is 18.4 Å². The van der Waals surface area contributed by atoms with E-state index in [4.69, 9.17) is 14.2 Å². The average molecular weight is 307 g/mol. The first kappa shape index (κ1) is 14.9. The summed E-state index contributed by atoms with van der Waals surface area (Å²) in [5.41, 5.74) is 1.57. The predicted molar refractivity (Wildman–Crippen MR) is 77.5 cm³/mol. The molecule has 1 saturated carbocycles. The van der Waals surface area contributed by atoms with Crippen LogP contribution in [0.15, 0.2) is 23.5 Å². The highest BCUT2D eigenvalue weighted by Crippen LogP contribution is 2.43. The number of carbonyl (C=O) groups excluding carboxylic acids is 2. The van der Waals surface area contributed by atoms with Gasteiger partial charge in [0.25, 0.3) is 6.29 Å². The fourth-order valence-electron chi connectivity index (χ4n) is 3.07. The molecule has 0 radical (unpaired) electrons. The Labute approximate surface area is 129 Å². The molecular formula is C16H21NO5. The van der Waals surface area contributed by atoms with Crippen LogP contribution in [-0.4, -0.2) is 32.0 Å². The third-order valence-electron chi connectivity index (χ3n) is 4.55. The van der Waals surface area contributed by atoms with Crippen molar-refractivity contribution in [2.24, 2.45) is 17.8 Å². The zero-order valence-corrected chi connectivity index (χ0v) is 12.8. The fourth-order valence-corrected chi connectivity index (χ4v) is 3.07. The molecule has 1 amide bonds. The molecule has 6 nitrogen and oxygen atoms in total. The molecule has 3 atom stereocenters. The highest BCUT2D eigenvalue weighted by molar-refractivity contribution is 5.89. The number of carbonyl (C=O) groups is 2. The number of hydrogen-bond donors (Lipinski definition) is 1. The van der Waals surface area contributed by atoms with Gasteiger partial charge >= 0.3 is 12.1 Å². The minimum Gasteiger partial charge on any atom is -0.466 e. The van der Waals surface area contributed by atoms with Crippen LogP contribution in [0.25, 0.3) is 0 Å². The van der Waals surface area contributed by atoms with Crippen molar-refractivity contribution in [2.75, 3.05) is 13.7 Å². The van der Waals surface area contributed by atoms with Crippen molar-refractivity contribution in [2.45, 2.75) is 32.5 Å². The monoisotopic (exact) mass is 307 g/mol. The number of amides is 1. The summed E-state index contributed by atoms with van der Waals surface area (Å²) in [6, 6.07) is 0. The van der Waals surface area contributed by atoms with Crippen LogP contribution in [0.4, 0.5) is 4.79 Å². The Bertz CT molecular complexity index is 535. The van der Waals surface area contributed by atoms with Gasteiger partial charge in [-0.1, -0.05) is 11.6 Å². The van der Waals surface area contributed by atoms with E-state index in [1.807, 2.05) is 6.92 Å². The second-order valence-corrected chi connectivity index (χ2v) is 6.11. The van der Waals surface area contributed by atoms with Gasteiger partial charge in [0, 0.05) is 12.5 Å². The molecule has 3 unspecified atom stereocenters. The van der Waals surface area contributed by atoms with Crippen LogP contribution in [0.3, 0.4) is 0 Å². The molecule has 0 aromatic heterocycles. The van der Waals surface area contributed by atoms with Crippen molar-refractivity contribution in [3.05, 3.63) is 23.5 Å². The summed E-state index contributed by atoms with van der Waals surface area (Å²) in [7, 11) is 1.35. The van der Waals surface area contributed by atoms with Gasteiger partial charge in [-0.05, 0) is 32.1 Å². The number of esters is 1. The minimum atomic E-state index is -0.698. The highest BCUT2D eigenvalue weighted by Gasteiger charge is 2.44. The van der Waals surface area contributed by atoms with Crippen molar-refractivity contribution >= 4 is 12.1 Å². The number of ether oxygens (including phenoxy) is 3. The topological polar surface area (TPSA) is 73.9 Å². The molecule has 1 heterocycles. The van der Waals surface area contributed by atoms with Gasteiger partial charge in [0.05, 0.1) is 24.9 Å². The molecule has 6 heteroatoms. The fraction of sp³-hybridized carbons (Fsp3) is 0.625. The Morgan fingerprint density at radius 1 is 1.41 bits per heavy atom. The number of nitrogens with one attached hydrogen (secondary N) is 1. The summed E-state index contributed by atoms with van der Waals surface area (Å²) >= 11 is 0. The van der Waals surface area contributed by atoms with E-state index in [0.717, 1.165) is 24.8 Å². The Kier molecular flexibility index (Phi) is 4.09. The Hall–Kier alpha value is -1.98. The molecule has 1 aliphatic heterocycles. The molecule has 3 rings (SSSR count). The lowest BCUT2D eigenvalue weighted by Gasteiger charge is -2.33. The standard InChI is InChI=1S/C16H21NO5/c1-9-3-6-11-12(14(18)20-2)8-21-15(13(9)11)22-16(19)17-7-10-4-5-10/h3,8,10-11,13,15H,4-7H2,1-2H3,(H,17,19). The van der Waals surface area contributed by atoms with Gasteiger partial charge in [0.1, 0.15) is 0 Å². The van der Waals surface area contributed by atoms with E-state index in [1.165, 1.54) is 13.4 Å². The number of rotatable bonds is 4. The molecule has 3 aliphatic rings. The lowest BCUT2D eigenvalue weighted by Crippen LogP contribution is -2.40. The number of methoxy groups -OCH3 is 1. The van der Waals surface area contributed by atoms with Crippen molar-refractivity contribution in [3.8, 4) is 0 Å². The van der Waals surface area contributed by atoms with Crippen molar-refractivity contribution in [1.82, 2.24) is 5.32 Å². The molecule has 1 N–H and O–H groups in total. The molecule has 0 spiro atoms. The number of hydrogen-bond acceptors (Lipinski definition) is 5. The summed E-state index contributed by atoms with van der Waals surface area (Å²) in [4.78, 5) is 23.7. The first-order valence-corrected chi connectivity index (χ1v) is 7.65. The molecule has 1 fully saturated rings. The number of fused-ring (bicyclic) bond motifs is 1. The largest absolute Gasteiger partial charge is 0.466 e.